The molecule has 0 radical (unpaired) electrons. The van der Waals surface area contributed by atoms with Crippen LogP contribution in [-0.4, -0.2) is 61.2 Å². The largest absolute Gasteiger partial charge is 0.343 e. The number of para-hydroxylation sites is 1. The average Bonchev–Trinajstić information content (AvgIpc) is 2.85. The molecule has 2 aromatic rings. The van der Waals surface area contributed by atoms with E-state index < -0.39 is 0 Å². The van der Waals surface area contributed by atoms with E-state index in [0.29, 0.717) is 19.0 Å². The first-order valence-electron chi connectivity index (χ1n) is 8.57. The van der Waals surface area contributed by atoms with E-state index in [1.54, 1.807) is 4.90 Å². The van der Waals surface area contributed by atoms with Crippen molar-refractivity contribution in [1.29, 1.82) is 0 Å². The molecule has 1 atom stereocenters. The summed E-state index contributed by atoms with van der Waals surface area (Å²) in [6.45, 7) is 7.42. The lowest BCUT2D eigenvalue weighted by Crippen LogP contribution is -2.41. The predicted octanol–water partition coefficient (Wildman–Crippen LogP) is 2.79. The van der Waals surface area contributed by atoms with Crippen LogP contribution in [0, 0.1) is 12.8 Å². The maximum Gasteiger partial charge on any atom is 0.317 e. The van der Waals surface area contributed by atoms with Gasteiger partial charge >= 0.3 is 6.03 Å². The molecule has 1 unspecified atom stereocenters. The van der Waals surface area contributed by atoms with Gasteiger partial charge in [0, 0.05) is 44.4 Å². The molecule has 0 fully saturated rings. The Morgan fingerprint density at radius 1 is 1.25 bits per heavy atom. The Labute approximate surface area is 145 Å². The number of hydrogen-bond acceptors (Lipinski definition) is 2. The highest BCUT2D eigenvalue weighted by atomic mass is 16.2. The van der Waals surface area contributed by atoms with Gasteiger partial charge in [-0.15, -0.1) is 0 Å². The van der Waals surface area contributed by atoms with Crippen LogP contribution in [0.3, 0.4) is 0 Å². The van der Waals surface area contributed by atoms with Crippen LogP contribution in [0.4, 0.5) is 4.79 Å². The van der Waals surface area contributed by atoms with Crippen molar-refractivity contribution in [1.82, 2.24) is 19.7 Å². The highest BCUT2D eigenvalue weighted by molar-refractivity contribution is 5.81. The molecule has 5 heteroatoms. The normalized spacial score (nSPS) is 12.6. The van der Waals surface area contributed by atoms with E-state index in [1.165, 1.54) is 16.6 Å². The van der Waals surface area contributed by atoms with Crippen molar-refractivity contribution in [2.24, 2.45) is 5.92 Å². The second-order valence-corrected chi connectivity index (χ2v) is 6.97. The molecule has 24 heavy (non-hydrogen) atoms. The van der Waals surface area contributed by atoms with E-state index in [-0.39, 0.29) is 6.03 Å². The summed E-state index contributed by atoms with van der Waals surface area (Å²) in [4.78, 5) is 16.1. The van der Waals surface area contributed by atoms with Crippen LogP contribution in [0.15, 0.2) is 30.3 Å². The van der Waals surface area contributed by atoms with Crippen molar-refractivity contribution < 1.29 is 4.79 Å². The lowest BCUT2D eigenvalue weighted by atomic mass is 10.2. The van der Waals surface area contributed by atoms with E-state index >= 15 is 0 Å². The van der Waals surface area contributed by atoms with E-state index in [9.17, 15) is 4.79 Å². The average molecular weight is 330 g/mol. The van der Waals surface area contributed by atoms with E-state index in [2.05, 4.69) is 59.0 Å². The van der Waals surface area contributed by atoms with Gasteiger partial charge in [-0.05, 0) is 44.5 Å². The Balaban J connectivity index is 1.86. The lowest BCUT2D eigenvalue weighted by Gasteiger charge is -2.22. The third kappa shape index (κ3) is 4.74. The molecule has 5 nitrogen and oxygen atoms in total. The first kappa shape index (κ1) is 18.3. The molecular formula is C19H30N4O. The van der Waals surface area contributed by atoms with E-state index in [0.717, 1.165) is 13.1 Å². The van der Waals surface area contributed by atoms with Gasteiger partial charge in [-0.1, -0.05) is 25.1 Å². The Hall–Kier alpha value is -2.01. The molecule has 0 saturated carbocycles. The molecule has 2 rings (SSSR count). The smallest absolute Gasteiger partial charge is 0.317 e. The molecule has 1 N–H and O–H groups in total. The Morgan fingerprint density at radius 3 is 2.67 bits per heavy atom. The maximum atomic E-state index is 12.2. The number of carbonyl (C=O) groups excluding carboxylic acids is 1. The molecule has 0 aliphatic heterocycles. The molecule has 0 saturated heterocycles. The van der Waals surface area contributed by atoms with Gasteiger partial charge in [0.25, 0.3) is 0 Å². The fraction of sp³-hybridized carbons (Fsp3) is 0.526. The van der Waals surface area contributed by atoms with Gasteiger partial charge in [0.2, 0.25) is 0 Å². The lowest BCUT2D eigenvalue weighted by molar-refractivity contribution is 0.204. The molecule has 0 aliphatic carbocycles. The standard InChI is InChI=1S/C19H30N4O/c1-15(14-21(3)4)13-20-19(24)22(5)10-11-23-16(2)12-17-8-6-7-9-18(17)23/h6-9,12,15H,10-11,13-14H2,1-5H3,(H,20,24). The molecule has 0 bridgehead atoms. The minimum Gasteiger partial charge on any atom is -0.343 e. The van der Waals surface area contributed by atoms with Gasteiger partial charge in [0.05, 0.1) is 0 Å². The van der Waals surface area contributed by atoms with Crippen molar-refractivity contribution in [3.63, 3.8) is 0 Å². The van der Waals surface area contributed by atoms with Crippen molar-refractivity contribution in [3.8, 4) is 0 Å². The van der Waals surface area contributed by atoms with Crippen LogP contribution < -0.4 is 5.32 Å². The summed E-state index contributed by atoms with van der Waals surface area (Å²) in [6.07, 6.45) is 0. The van der Waals surface area contributed by atoms with E-state index in [4.69, 9.17) is 0 Å². The predicted molar refractivity (Wildman–Crippen MR) is 100 cm³/mol. The Bertz CT molecular complexity index is 677. The molecular weight excluding hydrogens is 300 g/mol. The monoisotopic (exact) mass is 330 g/mol. The molecule has 1 heterocycles. The van der Waals surface area contributed by atoms with Crippen molar-refractivity contribution in [3.05, 3.63) is 36.0 Å². The third-order valence-corrected chi connectivity index (χ3v) is 4.30. The number of nitrogens with one attached hydrogen (secondary N) is 1. The van der Waals surface area contributed by atoms with Gasteiger partial charge in [0.1, 0.15) is 0 Å². The highest BCUT2D eigenvalue weighted by Crippen LogP contribution is 2.18. The summed E-state index contributed by atoms with van der Waals surface area (Å²) in [5.41, 5.74) is 2.45. The number of urea groups is 1. The number of aromatic nitrogens is 1. The topological polar surface area (TPSA) is 40.5 Å². The number of likely N-dealkylation sites (N-methyl/N-ethyl adjacent to an activating group) is 1. The van der Waals surface area contributed by atoms with Crippen LogP contribution in [0.2, 0.25) is 0 Å². The second-order valence-electron chi connectivity index (χ2n) is 6.97. The molecule has 0 aliphatic rings. The van der Waals surface area contributed by atoms with Gasteiger partial charge < -0.3 is 19.7 Å². The van der Waals surface area contributed by atoms with Gasteiger partial charge in [-0.2, -0.15) is 0 Å². The van der Waals surface area contributed by atoms with Crippen LogP contribution >= 0.6 is 0 Å². The number of rotatable bonds is 7. The number of benzene rings is 1. The van der Waals surface area contributed by atoms with Crippen LogP contribution in [0.1, 0.15) is 12.6 Å². The third-order valence-electron chi connectivity index (χ3n) is 4.30. The van der Waals surface area contributed by atoms with E-state index in [1.807, 2.05) is 21.1 Å². The van der Waals surface area contributed by atoms with Crippen molar-refractivity contribution in [2.45, 2.75) is 20.4 Å². The SMILES string of the molecule is Cc1cc2ccccc2n1CCN(C)C(=O)NCC(C)CN(C)C. The van der Waals surface area contributed by atoms with Gasteiger partial charge in [-0.3, -0.25) is 0 Å². The Morgan fingerprint density at radius 2 is 1.96 bits per heavy atom. The minimum absolute atomic E-state index is 0.00489. The minimum atomic E-state index is -0.00489. The number of carbonyl (C=O) groups is 1. The number of fused-ring (bicyclic) bond motifs is 1. The van der Waals surface area contributed by atoms with Crippen molar-refractivity contribution in [2.75, 3.05) is 40.8 Å². The number of hydrogen-bond donors (Lipinski definition) is 1. The molecule has 132 valence electrons. The molecule has 0 spiro atoms. The maximum absolute atomic E-state index is 12.2. The summed E-state index contributed by atoms with van der Waals surface area (Å²) in [6, 6.07) is 10.6. The fourth-order valence-corrected chi connectivity index (χ4v) is 3.08. The number of nitrogens with zero attached hydrogens (tertiary/aromatic N) is 3. The summed E-state index contributed by atoms with van der Waals surface area (Å²) in [5.74, 6) is 0.438. The van der Waals surface area contributed by atoms with Crippen molar-refractivity contribution >= 4 is 16.9 Å². The fourth-order valence-electron chi connectivity index (χ4n) is 3.08. The molecule has 1 aromatic heterocycles. The number of amides is 2. The summed E-state index contributed by atoms with van der Waals surface area (Å²) < 4.78 is 2.27. The second kappa shape index (κ2) is 8.20. The quantitative estimate of drug-likeness (QED) is 0.848. The zero-order valence-electron chi connectivity index (χ0n) is 15.5. The summed E-state index contributed by atoms with van der Waals surface area (Å²) >= 11 is 0. The number of aryl methyl sites for hydroxylation is 1. The van der Waals surface area contributed by atoms with Gasteiger partial charge in [0.15, 0.2) is 0 Å². The Kier molecular flexibility index (Phi) is 6.26. The van der Waals surface area contributed by atoms with Gasteiger partial charge in [-0.25, -0.2) is 4.79 Å². The first-order valence-corrected chi connectivity index (χ1v) is 8.57. The summed E-state index contributed by atoms with van der Waals surface area (Å²) in [5, 5.41) is 4.27. The zero-order chi connectivity index (χ0) is 17.7. The molecule has 1 aromatic carbocycles. The first-order chi connectivity index (χ1) is 11.4. The summed E-state index contributed by atoms with van der Waals surface area (Å²) in [7, 11) is 5.95. The zero-order valence-corrected chi connectivity index (χ0v) is 15.5. The van der Waals surface area contributed by atoms with Crippen LogP contribution in [-0.2, 0) is 6.54 Å². The molecule has 2 amide bonds. The van der Waals surface area contributed by atoms with Crippen LogP contribution in [0.5, 0.6) is 0 Å². The van der Waals surface area contributed by atoms with Crippen LogP contribution in [0.25, 0.3) is 10.9 Å². The highest BCUT2D eigenvalue weighted by Gasteiger charge is 2.12.